The predicted molar refractivity (Wildman–Crippen MR) is 58.3 cm³/mol. The van der Waals surface area contributed by atoms with Crippen LogP contribution in [0.15, 0.2) is 0 Å². The summed E-state index contributed by atoms with van der Waals surface area (Å²) < 4.78 is 5.14. The SMILES string of the molecule is O=C(O)C1COCCN1C(=O)C1CC1C1CC1. The van der Waals surface area contributed by atoms with Crippen LogP contribution in [0, 0.1) is 17.8 Å². The van der Waals surface area contributed by atoms with Crippen LogP contribution < -0.4 is 0 Å². The van der Waals surface area contributed by atoms with Crippen LogP contribution in [0.25, 0.3) is 0 Å². The van der Waals surface area contributed by atoms with E-state index in [0.717, 1.165) is 12.3 Å². The third-order valence-electron chi connectivity index (χ3n) is 4.08. The fraction of sp³-hybridized carbons (Fsp3) is 0.833. The van der Waals surface area contributed by atoms with E-state index in [9.17, 15) is 9.59 Å². The smallest absolute Gasteiger partial charge is 0.328 e. The minimum Gasteiger partial charge on any atom is -0.480 e. The van der Waals surface area contributed by atoms with E-state index < -0.39 is 12.0 Å². The van der Waals surface area contributed by atoms with E-state index in [-0.39, 0.29) is 18.4 Å². The number of carbonyl (C=O) groups is 2. The zero-order valence-corrected chi connectivity index (χ0v) is 9.67. The number of ether oxygens (including phenoxy) is 1. The molecular formula is C12H17NO4. The molecule has 1 aliphatic heterocycles. The lowest BCUT2D eigenvalue weighted by molar-refractivity contribution is -0.159. The van der Waals surface area contributed by atoms with Crippen molar-refractivity contribution in [3.05, 3.63) is 0 Å². The summed E-state index contributed by atoms with van der Waals surface area (Å²) in [6, 6.07) is -0.781. The Morgan fingerprint density at radius 2 is 2.06 bits per heavy atom. The number of amides is 1. The predicted octanol–water partition coefficient (Wildman–Crippen LogP) is 0.344. The highest BCUT2D eigenvalue weighted by molar-refractivity contribution is 5.87. The fourth-order valence-corrected chi connectivity index (χ4v) is 2.83. The summed E-state index contributed by atoms with van der Waals surface area (Å²) in [5, 5.41) is 9.07. The molecule has 3 rings (SSSR count). The van der Waals surface area contributed by atoms with Crippen LogP contribution in [-0.2, 0) is 14.3 Å². The number of hydrogen-bond donors (Lipinski definition) is 1. The highest BCUT2D eigenvalue weighted by Crippen LogP contribution is 2.55. The lowest BCUT2D eigenvalue weighted by atomic mass is 10.1. The van der Waals surface area contributed by atoms with Crippen LogP contribution in [-0.4, -0.2) is 47.7 Å². The summed E-state index contributed by atoms with van der Waals surface area (Å²) >= 11 is 0. The van der Waals surface area contributed by atoms with E-state index in [1.165, 1.54) is 17.7 Å². The highest BCUT2D eigenvalue weighted by atomic mass is 16.5. The molecule has 0 aromatic heterocycles. The summed E-state index contributed by atoms with van der Waals surface area (Å²) in [5.74, 6) is 0.467. The van der Waals surface area contributed by atoms with E-state index in [2.05, 4.69) is 0 Å². The Hall–Kier alpha value is -1.10. The van der Waals surface area contributed by atoms with Gasteiger partial charge in [-0.3, -0.25) is 4.79 Å². The van der Waals surface area contributed by atoms with Crippen molar-refractivity contribution in [2.45, 2.75) is 25.3 Å². The first-order chi connectivity index (χ1) is 8.18. The number of carboxylic acids is 1. The molecule has 2 saturated carbocycles. The third kappa shape index (κ3) is 2.04. The molecule has 3 atom stereocenters. The zero-order chi connectivity index (χ0) is 12.0. The minimum atomic E-state index is -0.957. The Bertz CT molecular complexity index is 352. The van der Waals surface area contributed by atoms with Crippen molar-refractivity contribution in [1.29, 1.82) is 0 Å². The first-order valence-corrected chi connectivity index (χ1v) is 6.29. The van der Waals surface area contributed by atoms with Crippen molar-refractivity contribution in [2.24, 2.45) is 17.8 Å². The number of carbonyl (C=O) groups excluding carboxylic acids is 1. The van der Waals surface area contributed by atoms with E-state index in [4.69, 9.17) is 9.84 Å². The molecule has 0 bridgehead atoms. The average molecular weight is 239 g/mol. The van der Waals surface area contributed by atoms with Crippen LogP contribution >= 0.6 is 0 Å². The monoisotopic (exact) mass is 239 g/mol. The van der Waals surface area contributed by atoms with Crippen molar-refractivity contribution in [3.8, 4) is 0 Å². The molecule has 3 aliphatic rings. The lowest BCUT2D eigenvalue weighted by Crippen LogP contribution is -2.53. The van der Waals surface area contributed by atoms with Gasteiger partial charge in [0.25, 0.3) is 0 Å². The second kappa shape index (κ2) is 3.98. The van der Waals surface area contributed by atoms with Gasteiger partial charge in [0, 0.05) is 12.5 Å². The van der Waals surface area contributed by atoms with Crippen molar-refractivity contribution >= 4 is 11.9 Å². The molecule has 2 aliphatic carbocycles. The van der Waals surface area contributed by atoms with E-state index >= 15 is 0 Å². The summed E-state index contributed by atoms with van der Waals surface area (Å²) in [5.41, 5.74) is 0. The molecular weight excluding hydrogens is 222 g/mol. The molecule has 94 valence electrons. The molecule has 0 radical (unpaired) electrons. The Kier molecular flexibility index (Phi) is 2.58. The van der Waals surface area contributed by atoms with Gasteiger partial charge < -0.3 is 14.7 Å². The molecule has 0 spiro atoms. The zero-order valence-electron chi connectivity index (χ0n) is 9.67. The van der Waals surface area contributed by atoms with E-state index in [0.29, 0.717) is 19.1 Å². The van der Waals surface area contributed by atoms with Crippen LogP contribution in [0.1, 0.15) is 19.3 Å². The Balaban J connectivity index is 1.65. The summed E-state index contributed by atoms with van der Waals surface area (Å²) in [4.78, 5) is 24.8. The van der Waals surface area contributed by atoms with Gasteiger partial charge in [0.05, 0.1) is 13.2 Å². The standard InChI is InChI=1S/C12H17NO4/c14-11(9-5-8(9)7-1-2-7)13-3-4-17-6-10(13)12(15)16/h7-10H,1-6H2,(H,15,16). The van der Waals surface area contributed by atoms with Crippen LogP contribution in [0.4, 0.5) is 0 Å². The number of nitrogens with zero attached hydrogens (tertiary/aromatic N) is 1. The lowest BCUT2D eigenvalue weighted by Gasteiger charge is -2.33. The maximum Gasteiger partial charge on any atom is 0.328 e. The number of aliphatic carboxylic acids is 1. The van der Waals surface area contributed by atoms with Crippen molar-refractivity contribution in [1.82, 2.24) is 4.90 Å². The van der Waals surface area contributed by atoms with Gasteiger partial charge >= 0.3 is 5.97 Å². The van der Waals surface area contributed by atoms with Gasteiger partial charge in [-0.25, -0.2) is 4.79 Å². The van der Waals surface area contributed by atoms with E-state index in [1.807, 2.05) is 0 Å². The first-order valence-electron chi connectivity index (χ1n) is 6.29. The maximum atomic E-state index is 12.2. The topological polar surface area (TPSA) is 66.8 Å². The Morgan fingerprint density at radius 1 is 1.29 bits per heavy atom. The Labute approximate surface area is 99.7 Å². The van der Waals surface area contributed by atoms with Crippen molar-refractivity contribution in [3.63, 3.8) is 0 Å². The number of morpholine rings is 1. The molecule has 5 nitrogen and oxygen atoms in total. The molecule has 0 aromatic rings. The second-order valence-electron chi connectivity index (χ2n) is 5.30. The third-order valence-corrected chi connectivity index (χ3v) is 4.08. The van der Waals surface area contributed by atoms with Crippen LogP contribution in [0.2, 0.25) is 0 Å². The molecule has 0 aromatic carbocycles. The fourth-order valence-electron chi connectivity index (χ4n) is 2.83. The molecule has 17 heavy (non-hydrogen) atoms. The number of rotatable bonds is 3. The summed E-state index contributed by atoms with van der Waals surface area (Å²) in [6.45, 7) is 1.00. The summed E-state index contributed by atoms with van der Waals surface area (Å²) in [7, 11) is 0. The molecule has 1 N–H and O–H groups in total. The van der Waals surface area contributed by atoms with Gasteiger partial charge in [-0.05, 0) is 31.1 Å². The first kappa shape index (κ1) is 11.0. The number of hydrogen-bond acceptors (Lipinski definition) is 3. The largest absolute Gasteiger partial charge is 0.480 e. The van der Waals surface area contributed by atoms with Crippen molar-refractivity contribution in [2.75, 3.05) is 19.8 Å². The molecule has 1 saturated heterocycles. The maximum absolute atomic E-state index is 12.2. The van der Waals surface area contributed by atoms with Crippen molar-refractivity contribution < 1.29 is 19.4 Å². The molecule has 1 heterocycles. The van der Waals surface area contributed by atoms with Gasteiger partial charge in [0.15, 0.2) is 6.04 Å². The van der Waals surface area contributed by atoms with Gasteiger partial charge in [-0.1, -0.05) is 0 Å². The van der Waals surface area contributed by atoms with Crippen LogP contribution in [0.3, 0.4) is 0 Å². The molecule has 1 amide bonds. The van der Waals surface area contributed by atoms with E-state index in [1.54, 1.807) is 0 Å². The molecule has 5 heteroatoms. The Morgan fingerprint density at radius 3 is 2.71 bits per heavy atom. The minimum absolute atomic E-state index is 0.0394. The highest BCUT2D eigenvalue weighted by Gasteiger charge is 2.53. The van der Waals surface area contributed by atoms with Crippen LogP contribution in [0.5, 0.6) is 0 Å². The van der Waals surface area contributed by atoms with Gasteiger partial charge in [0.1, 0.15) is 0 Å². The average Bonchev–Trinajstić information content (AvgIpc) is 3.15. The number of carboxylic acid groups (broad SMARTS) is 1. The second-order valence-corrected chi connectivity index (χ2v) is 5.30. The quantitative estimate of drug-likeness (QED) is 0.771. The molecule has 3 unspecified atom stereocenters. The molecule has 3 fully saturated rings. The van der Waals surface area contributed by atoms with Gasteiger partial charge in [-0.2, -0.15) is 0 Å². The normalized spacial score (nSPS) is 36.7. The van der Waals surface area contributed by atoms with Gasteiger partial charge in [0.2, 0.25) is 5.91 Å². The van der Waals surface area contributed by atoms with Gasteiger partial charge in [-0.15, -0.1) is 0 Å². The summed E-state index contributed by atoms with van der Waals surface area (Å²) in [6.07, 6.45) is 3.47.